The van der Waals surface area contributed by atoms with Crippen LogP contribution in [-0.2, 0) is 19.3 Å². The number of hydrogen-bond donors (Lipinski definition) is 1. The summed E-state index contributed by atoms with van der Waals surface area (Å²) in [5.41, 5.74) is 0.714. The monoisotopic (exact) mass is 426 g/mol. The minimum atomic E-state index is -4.34. The number of aliphatic hydroxyl groups is 1. The Balaban J connectivity index is 1.63. The predicted molar refractivity (Wildman–Crippen MR) is 106 cm³/mol. The number of rotatable bonds is 7. The smallest absolute Gasteiger partial charge is 0.416 e. The minimum absolute atomic E-state index is 0.0143. The number of benzene rings is 2. The van der Waals surface area contributed by atoms with E-state index in [9.17, 15) is 22.7 Å². The summed E-state index contributed by atoms with van der Waals surface area (Å²) in [5, 5.41) is 9.47. The largest absolute Gasteiger partial charge is 0.497 e. The average molecular weight is 426 g/mol. The van der Waals surface area contributed by atoms with Gasteiger partial charge in [0, 0.05) is 57.0 Å². The first-order valence-electron chi connectivity index (χ1n) is 9.86. The van der Waals surface area contributed by atoms with Crippen LogP contribution in [0.1, 0.15) is 23.1 Å². The number of ether oxygens (including phenoxy) is 1. The number of aliphatic hydroxyl groups excluding tert-OH is 1. The fourth-order valence-electron chi connectivity index (χ4n) is 3.79. The van der Waals surface area contributed by atoms with Crippen LogP contribution in [0.15, 0.2) is 42.5 Å². The van der Waals surface area contributed by atoms with Gasteiger partial charge in [-0.2, -0.15) is 13.2 Å². The van der Waals surface area contributed by atoms with Gasteiger partial charge in [0.1, 0.15) is 11.6 Å². The van der Waals surface area contributed by atoms with E-state index in [2.05, 4.69) is 9.80 Å². The fraction of sp³-hybridized carbons (Fsp3) is 0.455. The van der Waals surface area contributed by atoms with Crippen LogP contribution in [0.3, 0.4) is 0 Å². The van der Waals surface area contributed by atoms with Gasteiger partial charge >= 0.3 is 6.18 Å². The second kappa shape index (κ2) is 9.76. The lowest BCUT2D eigenvalue weighted by atomic mass is 10.1. The molecule has 0 bridgehead atoms. The molecule has 0 unspecified atom stereocenters. The third-order valence-electron chi connectivity index (χ3n) is 5.47. The van der Waals surface area contributed by atoms with Crippen LogP contribution >= 0.6 is 0 Å². The van der Waals surface area contributed by atoms with E-state index in [1.54, 1.807) is 12.1 Å². The van der Waals surface area contributed by atoms with Crippen molar-refractivity contribution in [3.63, 3.8) is 0 Å². The van der Waals surface area contributed by atoms with E-state index in [1.807, 2.05) is 0 Å². The van der Waals surface area contributed by atoms with Crippen LogP contribution < -0.4 is 4.74 Å². The molecule has 1 N–H and O–H groups in total. The molecule has 2 aromatic rings. The van der Waals surface area contributed by atoms with Crippen molar-refractivity contribution in [2.24, 2.45) is 0 Å². The molecule has 1 atom stereocenters. The summed E-state index contributed by atoms with van der Waals surface area (Å²) in [6.07, 6.45) is -3.80. The van der Waals surface area contributed by atoms with Crippen LogP contribution in [0.2, 0.25) is 0 Å². The van der Waals surface area contributed by atoms with E-state index in [1.165, 1.54) is 25.3 Å². The van der Waals surface area contributed by atoms with Gasteiger partial charge in [-0.15, -0.1) is 0 Å². The molecule has 0 radical (unpaired) electrons. The molecule has 1 saturated heterocycles. The SMILES string of the molecule is COc1ccc(CN2CCN(Cc3ccc(C(F)(F)F)cc3)C[C@H]2CCO)c(F)c1. The molecule has 0 aliphatic carbocycles. The summed E-state index contributed by atoms with van der Waals surface area (Å²) in [4.78, 5) is 4.30. The van der Waals surface area contributed by atoms with Gasteiger partial charge in [-0.1, -0.05) is 18.2 Å². The van der Waals surface area contributed by atoms with Crippen molar-refractivity contribution in [2.45, 2.75) is 31.7 Å². The van der Waals surface area contributed by atoms with E-state index in [4.69, 9.17) is 4.74 Å². The van der Waals surface area contributed by atoms with Gasteiger partial charge in [-0.25, -0.2) is 4.39 Å². The van der Waals surface area contributed by atoms with Gasteiger partial charge in [-0.3, -0.25) is 9.80 Å². The van der Waals surface area contributed by atoms with Crippen LogP contribution in [0.4, 0.5) is 17.6 Å². The lowest BCUT2D eigenvalue weighted by Gasteiger charge is -2.41. The maximum Gasteiger partial charge on any atom is 0.416 e. The third kappa shape index (κ3) is 5.71. The molecule has 0 spiro atoms. The molecule has 1 heterocycles. The summed E-state index contributed by atoms with van der Waals surface area (Å²) in [6, 6.07) is 10.0. The number of methoxy groups -OCH3 is 1. The first-order valence-corrected chi connectivity index (χ1v) is 9.86. The highest BCUT2D eigenvalue weighted by Gasteiger charge is 2.30. The minimum Gasteiger partial charge on any atom is -0.497 e. The van der Waals surface area contributed by atoms with Gasteiger partial charge in [-0.05, 0) is 30.2 Å². The van der Waals surface area contributed by atoms with Crippen LogP contribution in [0, 0.1) is 5.82 Å². The topological polar surface area (TPSA) is 35.9 Å². The second-order valence-electron chi connectivity index (χ2n) is 7.52. The highest BCUT2D eigenvalue weighted by molar-refractivity contribution is 5.29. The lowest BCUT2D eigenvalue weighted by Crippen LogP contribution is -2.52. The molecule has 1 aliphatic heterocycles. The van der Waals surface area contributed by atoms with Crippen molar-refractivity contribution in [1.29, 1.82) is 0 Å². The Morgan fingerprint density at radius 3 is 2.40 bits per heavy atom. The third-order valence-corrected chi connectivity index (χ3v) is 5.47. The number of piperazine rings is 1. The molecule has 164 valence electrons. The summed E-state index contributed by atoms with van der Waals surface area (Å²) in [7, 11) is 1.49. The first kappa shape index (κ1) is 22.5. The molecule has 2 aromatic carbocycles. The molecule has 0 amide bonds. The highest BCUT2D eigenvalue weighted by Crippen LogP contribution is 2.29. The summed E-state index contributed by atoms with van der Waals surface area (Å²) < 4.78 is 57.6. The van der Waals surface area contributed by atoms with E-state index in [-0.39, 0.29) is 18.5 Å². The van der Waals surface area contributed by atoms with Crippen molar-refractivity contribution < 1.29 is 27.4 Å². The average Bonchev–Trinajstić information content (AvgIpc) is 2.71. The summed E-state index contributed by atoms with van der Waals surface area (Å²) in [6.45, 7) is 3.01. The highest BCUT2D eigenvalue weighted by atomic mass is 19.4. The number of halogens is 4. The maximum absolute atomic E-state index is 14.3. The molecule has 30 heavy (non-hydrogen) atoms. The van der Waals surface area contributed by atoms with Gasteiger partial charge in [0.15, 0.2) is 0 Å². The summed E-state index contributed by atoms with van der Waals surface area (Å²) >= 11 is 0. The Labute approximate surface area is 173 Å². The van der Waals surface area contributed by atoms with Crippen molar-refractivity contribution >= 4 is 0 Å². The van der Waals surface area contributed by atoms with Crippen LogP contribution in [0.5, 0.6) is 5.75 Å². The van der Waals surface area contributed by atoms with E-state index < -0.39 is 11.7 Å². The quantitative estimate of drug-likeness (QED) is 0.681. The zero-order valence-corrected chi connectivity index (χ0v) is 16.8. The van der Waals surface area contributed by atoms with E-state index in [0.29, 0.717) is 50.5 Å². The number of hydrogen-bond acceptors (Lipinski definition) is 4. The first-order chi connectivity index (χ1) is 14.3. The number of nitrogens with zero attached hydrogens (tertiary/aromatic N) is 2. The Morgan fingerprint density at radius 1 is 1.07 bits per heavy atom. The molecule has 3 rings (SSSR count). The van der Waals surface area contributed by atoms with Crippen molar-refractivity contribution in [2.75, 3.05) is 33.4 Å². The van der Waals surface area contributed by atoms with Gasteiger partial charge < -0.3 is 9.84 Å². The molecular weight excluding hydrogens is 400 g/mol. The van der Waals surface area contributed by atoms with Crippen molar-refractivity contribution in [3.05, 3.63) is 65.0 Å². The maximum atomic E-state index is 14.3. The second-order valence-corrected chi connectivity index (χ2v) is 7.52. The van der Waals surface area contributed by atoms with Crippen LogP contribution in [-0.4, -0.2) is 54.3 Å². The molecule has 0 aromatic heterocycles. The van der Waals surface area contributed by atoms with Crippen molar-refractivity contribution in [1.82, 2.24) is 9.80 Å². The normalized spacial score (nSPS) is 18.5. The summed E-state index contributed by atoms with van der Waals surface area (Å²) in [5.74, 6) is 0.133. The molecule has 4 nitrogen and oxygen atoms in total. The molecule has 0 saturated carbocycles. The van der Waals surface area contributed by atoms with Gasteiger partial charge in [0.05, 0.1) is 12.7 Å². The predicted octanol–water partition coefficient (Wildman–Crippen LogP) is 3.92. The van der Waals surface area contributed by atoms with Gasteiger partial charge in [0.2, 0.25) is 0 Å². The fourth-order valence-corrected chi connectivity index (χ4v) is 3.79. The van der Waals surface area contributed by atoms with Gasteiger partial charge in [0.25, 0.3) is 0 Å². The Hall–Kier alpha value is -2.16. The zero-order valence-electron chi connectivity index (χ0n) is 16.8. The number of alkyl halides is 3. The molecule has 1 aliphatic rings. The molecule has 1 fully saturated rings. The Bertz CT molecular complexity index is 827. The lowest BCUT2D eigenvalue weighted by molar-refractivity contribution is -0.137. The Kier molecular flexibility index (Phi) is 7.33. The van der Waals surface area contributed by atoms with Crippen molar-refractivity contribution in [3.8, 4) is 5.75 Å². The molecule has 8 heteroatoms. The van der Waals surface area contributed by atoms with Crippen LogP contribution in [0.25, 0.3) is 0 Å². The van der Waals surface area contributed by atoms with E-state index >= 15 is 0 Å². The standard InChI is InChI=1S/C22H26F4N2O2/c1-30-20-7-4-17(21(23)12-20)14-28-10-9-27(15-19(28)8-11-29)13-16-2-5-18(6-3-16)22(24,25)26/h2-7,12,19,29H,8-11,13-15H2,1H3/t19-/m1/s1. The zero-order chi connectivity index (χ0) is 21.7. The van der Waals surface area contributed by atoms with E-state index in [0.717, 1.165) is 17.7 Å². The Morgan fingerprint density at radius 2 is 1.80 bits per heavy atom. The molecular formula is C22H26F4N2O2.